The van der Waals surface area contributed by atoms with Crippen molar-refractivity contribution in [1.29, 1.82) is 0 Å². The van der Waals surface area contributed by atoms with Crippen LogP contribution in [0.3, 0.4) is 0 Å². The van der Waals surface area contributed by atoms with E-state index in [1.807, 2.05) is 0 Å². The second-order valence-corrected chi connectivity index (χ2v) is 5.03. The SMILES string of the molecule is NC1COCCC1Cc1ccc(Br)cc1. The van der Waals surface area contributed by atoms with Gasteiger partial charge in [-0.3, -0.25) is 0 Å². The van der Waals surface area contributed by atoms with Gasteiger partial charge in [-0.2, -0.15) is 0 Å². The second-order valence-electron chi connectivity index (χ2n) is 4.12. The van der Waals surface area contributed by atoms with Crippen molar-refractivity contribution in [1.82, 2.24) is 0 Å². The predicted octanol–water partition coefficient (Wildman–Crippen LogP) is 2.36. The Hall–Kier alpha value is -0.380. The molecule has 3 heteroatoms. The van der Waals surface area contributed by atoms with E-state index in [0.717, 1.165) is 23.9 Å². The van der Waals surface area contributed by atoms with E-state index in [-0.39, 0.29) is 6.04 Å². The Morgan fingerprint density at radius 1 is 1.33 bits per heavy atom. The van der Waals surface area contributed by atoms with Gasteiger partial charge < -0.3 is 10.5 Å². The van der Waals surface area contributed by atoms with Gasteiger partial charge in [0, 0.05) is 17.1 Å². The first-order valence-electron chi connectivity index (χ1n) is 5.33. The van der Waals surface area contributed by atoms with Crippen molar-refractivity contribution in [3.63, 3.8) is 0 Å². The van der Waals surface area contributed by atoms with Crippen LogP contribution in [0.15, 0.2) is 28.7 Å². The normalized spacial score (nSPS) is 26.5. The number of hydrogen-bond acceptors (Lipinski definition) is 2. The zero-order valence-electron chi connectivity index (χ0n) is 8.66. The highest BCUT2D eigenvalue weighted by molar-refractivity contribution is 9.10. The van der Waals surface area contributed by atoms with Crippen molar-refractivity contribution < 1.29 is 4.74 Å². The Bertz CT molecular complexity index is 312. The first kappa shape index (κ1) is 11.1. The fraction of sp³-hybridized carbons (Fsp3) is 0.500. The molecular weight excluding hydrogens is 254 g/mol. The summed E-state index contributed by atoms with van der Waals surface area (Å²) < 4.78 is 6.46. The lowest BCUT2D eigenvalue weighted by molar-refractivity contribution is 0.0492. The third-order valence-electron chi connectivity index (χ3n) is 2.96. The first-order chi connectivity index (χ1) is 7.25. The number of rotatable bonds is 2. The summed E-state index contributed by atoms with van der Waals surface area (Å²) in [4.78, 5) is 0. The van der Waals surface area contributed by atoms with Crippen LogP contribution in [0.25, 0.3) is 0 Å². The van der Waals surface area contributed by atoms with Crippen LogP contribution >= 0.6 is 15.9 Å². The summed E-state index contributed by atoms with van der Waals surface area (Å²) in [6.45, 7) is 1.57. The monoisotopic (exact) mass is 269 g/mol. The zero-order chi connectivity index (χ0) is 10.7. The van der Waals surface area contributed by atoms with E-state index in [2.05, 4.69) is 40.2 Å². The van der Waals surface area contributed by atoms with Gasteiger partial charge >= 0.3 is 0 Å². The third-order valence-corrected chi connectivity index (χ3v) is 3.49. The van der Waals surface area contributed by atoms with Gasteiger partial charge in [0.15, 0.2) is 0 Å². The van der Waals surface area contributed by atoms with Crippen molar-refractivity contribution >= 4 is 15.9 Å². The molecule has 2 atom stereocenters. The molecule has 82 valence electrons. The maximum Gasteiger partial charge on any atom is 0.0620 e. The Morgan fingerprint density at radius 3 is 2.73 bits per heavy atom. The van der Waals surface area contributed by atoms with Crippen LogP contribution in [0.5, 0.6) is 0 Å². The molecule has 1 aromatic carbocycles. The van der Waals surface area contributed by atoms with E-state index in [1.165, 1.54) is 5.56 Å². The lowest BCUT2D eigenvalue weighted by Crippen LogP contribution is -2.40. The highest BCUT2D eigenvalue weighted by Gasteiger charge is 2.22. The molecule has 0 aromatic heterocycles. The molecule has 0 amide bonds. The van der Waals surface area contributed by atoms with E-state index in [0.29, 0.717) is 12.5 Å². The summed E-state index contributed by atoms with van der Waals surface area (Å²) in [5, 5.41) is 0. The molecule has 15 heavy (non-hydrogen) atoms. The largest absolute Gasteiger partial charge is 0.380 e. The summed E-state index contributed by atoms with van der Waals surface area (Å²) in [6, 6.07) is 8.68. The highest BCUT2D eigenvalue weighted by Crippen LogP contribution is 2.20. The molecule has 1 aliphatic heterocycles. The lowest BCUT2D eigenvalue weighted by atomic mass is 9.89. The van der Waals surface area contributed by atoms with Crippen LogP contribution in [0.4, 0.5) is 0 Å². The van der Waals surface area contributed by atoms with Gasteiger partial charge in [0.2, 0.25) is 0 Å². The van der Waals surface area contributed by atoms with Crippen molar-refractivity contribution in [3.05, 3.63) is 34.3 Å². The minimum absolute atomic E-state index is 0.197. The molecule has 0 bridgehead atoms. The minimum Gasteiger partial charge on any atom is -0.380 e. The number of nitrogens with two attached hydrogens (primary N) is 1. The Labute approximate surface area is 98.9 Å². The highest BCUT2D eigenvalue weighted by atomic mass is 79.9. The fourth-order valence-corrected chi connectivity index (χ4v) is 2.25. The van der Waals surface area contributed by atoms with Crippen LogP contribution in [-0.2, 0) is 11.2 Å². The summed E-state index contributed by atoms with van der Waals surface area (Å²) in [7, 11) is 0. The molecule has 1 heterocycles. The van der Waals surface area contributed by atoms with Gasteiger partial charge in [-0.25, -0.2) is 0 Å². The van der Waals surface area contributed by atoms with Gasteiger partial charge in [0.1, 0.15) is 0 Å². The van der Waals surface area contributed by atoms with Crippen LogP contribution in [0.1, 0.15) is 12.0 Å². The molecule has 1 aliphatic rings. The van der Waals surface area contributed by atoms with Crippen LogP contribution in [0.2, 0.25) is 0 Å². The molecule has 0 aliphatic carbocycles. The Kier molecular flexibility index (Phi) is 3.78. The van der Waals surface area contributed by atoms with Gasteiger partial charge in [-0.15, -0.1) is 0 Å². The average molecular weight is 270 g/mol. The fourth-order valence-electron chi connectivity index (χ4n) is 1.98. The van der Waals surface area contributed by atoms with Gasteiger partial charge in [-0.1, -0.05) is 28.1 Å². The number of ether oxygens (including phenoxy) is 1. The molecule has 1 fully saturated rings. The van der Waals surface area contributed by atoms with Crippen molar-refractivity contribution in [2.24, 2.45) is 11.7 Å². The molecule has 2 unspecified atom stereocenters. The Morgan fingerprint density at radius 2 is 2.07 bits per heavy atom. The Balaban J connectivity index is 1.98. The number of benzene rings is 1. The predicted molar refractivity (Wildman–Crippen MR) is 64.7 cm³/mol. The molecular formula is C12H16BrNO. The molecule has 1 saturated heterocycles. The van der Waals surface area contributed by atoms with E-state index >= 15 is 0 Å². The minimum atomic E-state index is 0.197. The van der Waals surface area contributed by atoms with Gasteiger partial charge in [-0.05, 0) is 36.5 Å². The number of halogens is 1. The standard InChI is InChI=1S/C12H16BrNO/c13-11-3-1-9(2-4-11)7-10-5-6-15-8-12(10)14/h1-4,10,12H,5-8,14H2. The summed E-state index contributed by atoms with van der Waals surface area (Å²) in [5.41, 5.74) is 7.38. The van der Waals surface area contributed by atoms with E-state index in [4.69, 9.17) is 10.5 Å². The third kappa shape index (κ3) is 3.03. The van der Waals surface area contributed by atoms with E-state index in [1.54, 1.807) is 0 Å². The quantitative estimate of drug-likeness (QED) is 0.895. The van der Waals surface area contributed by atoms with Crippen molar-refractivity contribution in [3.8, 4) is 0 Å². The smallest absolute Gasteiger partial charge is 0.0620 e. The first-order valence-corrected chi connectivity index (χ1v) is 6.13. The van der Waals surface area contributed by atoms with E-state index in [9.17, 15) is 0 Å². The van der Waals surface area contributed by atoms with Gasteiger partial charge in [0.25, 0.3) is 0 Å². The van der Waals surface area contributed by atoms with E-state index < -0.39 is 0 Å². The zero-order valence-corrected chi connectivity index (χ0v) is 10.2. The van der Waals surface area contributed by atoms with Crippen LogP contribution in [-0.4, -0.2) is 19.3 Å². The maximum absolute atomic E-state index is 6.02. The molecule has 1 aromatic rings. The molecule has 0 saturated carbocycles. The molecule has 0 radical (unpaired) electrons. The summed E-state index contributed by atoms with van der Waals surface area (Å²) in [6.07, 6.45) is 2.15. The molecule has 2 N–H and O–H groups in total. The van der Waals surface area contributed by atoms with Crippen LogP contribution in [0, 0.1) is 5.92 Å². The summed E-state index contributed by atoms with van der Waals surface area (Å²) >= 11 is 3.44. The second kappa shape index (κ2) is 5.10. The van der Waals surface area contributed by atoms with Crippen LogP contribution < -0.4 is 5.73 Å². The topological polar surface area (TPSA) is 35.2 Å². The van der Waals surface area contributed by atoms with Crippen molar-refractivity contribution in [2.45, 2.75) is 18.9 Å². The molecule has 0 spiro atoms. The number of hydrogen-bond donors (Lipinski definition) is 1. The molecule has 2 nitrogen and oxygen atoms in total. The maximum atomic E-state index is 6.02. The summed E-state index contributed by atoms with van der Waals surface area (Å²) in [5.74, 6) is 0.569. The lowest BCUT2D eigenvalue weighted by Gasteiger charge is -2.28. The van der Waals surface area contributed by atoms with Crippen molar-refractivity contribution in [2.75, 3.05) is 13.2 Å². The molecule has 2 rings (SSSR count). The van der Waals surface area contributed by atoms with Gasteiger partial charge in [0.05, 0.1) is 6.61 Å². The average Bonchev–Trinajstić information content (AvgIpc) is 2.25.